The van der Waals surface area contributed by atoms with Crippen molar-refractivity contribution in [3.05, 3.63) is 72.7 Å². The van der Waals surface area contributed by atoms with Gasteiger partial charge in [0.2, 0.25) is 0 Å². The molecule has 8 heteroatoms. The number of hydrazone groups is 1. The van der Waals surface area contributed by atoms with Gasteiger partial charge in [0.05, 0.1) is 30.1 Å². The first-order valence-electron chi connectivity index (χ1n) is 8.72. The maximum atomic E-state index is 8.85. The number of nitrogens with zero attached hydrogens (tertiary/aromatic N) is 5. The molecule has 0 aliphatic carbocycles. The molecule has 0 radical (unpaired) electrons. The van der Waals surface area contributed by atoms with Gasteiger partial charge in [-0.05, 0) is 29.8 Å². The van der Waals surface area contributed by atoms with Crippen LogP contribution in [0.4, 0.5) is 5.82 Å². The van der Waals surface area contributed by atoms with Crippen molar-refractivity contribution in [3.63, 3.8) is 0 Å². The lowest BCUT2D eigenvalue weighted by Crippen LogP contribution is -2.02. The molecular weight excluding hydrogens is 356 g/mol. The summed E-state index contributed by atoms with van der Waals surface area (Å²) < 4.78 is 7.16. The zero-order chi connectivity index (χ0) is 19.2. The van der Waals surface area contributed by atoms with E-state index in [2.05, 4.69) is 25.6 Å². The largest absolute Gasteiger partial charge is 0.491 e. The van der Waals surface area contributed by atoms with Crippen molar-refractivity contribution in [1.29, 1.82) is 0 Å². The normalized spacial score (nSPS) is 11.2. The second-order valence-electron chi connectivity index (χ2n) is 5.87. The summed E-state index contributed by atoms with van der Waals surface area (Å²) in [6, 6.07) is 17.2. The fourth-order valence-electron chi connectivity index (χ4n) is 2.71. The first kappa shape index (κ1) is 17.6. The van der Waals surface area contributed by atoms with E-state index in [4.69, 9.17) is 9.84 Å². The molecule has 4 aromatic rings. The number of nitrogens with one attached hydrogen (secondary N) is 1. The van der Waals surface area contributed by atoms with E-state index in [-0.39, 0.29) is 13.2 Å². The molecule has 2 aromatic heterocycles. The van der Waals surface area contributed by atoms with Crippen molar-refractivity contribution in [2.45, 2.75) is 0 Å². The second kappa shape index (κ2) is 8.28. The number of para-hydroxylation sites is 1. The Hall–Kier alpha value is -3.78. The van der Waals surface area contributed by atoms with Crippen LogP contribution in [0.5, 0.6) is 5.75 Å². The Bertz CT molecular complexity index is 1090. The van der Waals surface area contributed by atoms with Crippen molar-refractivity contribution in [3.8, 4) is 11.4 Å². The van der Waals surface area contributed by atoms with Crippen LogP contribution in [0.3, 0.4) is 0 Å². The molecule has 0 saturated heterocycles. The lowest BCUT2D eigenvalue weighted by atomic mass is 10.2. The molecular formula is C20H18N6O2. The third kappa shape index (κ3) is 3.81. The molecule has 2 aromatic carbocycles. The van der Waals surface area contributed by atoms with Crippen LogP contribution in [0.15, 0.2) is 72.2 Å². The highest BCUT2D eigenvalue weighted by atomic mass is 16.5. The number of ether oxygens (including phenoxy) is 1. The SMILES string of the molecule is OCCOc1cccc(/C=N/Nc2ncnc3c2cnn3-c2ccccc2)c1. The number of aliphatic hydroxyl groups is 1. The molecule has 0 aliphatic heterocycles. The number of fused-ring (bicyclic) bond motifs is 1. The van der Waals surface area contributed by atoms with Gasteiger partial charge in [-0.3, -0.25) is 5.43 Å². The van der Waals surface area contributed by atoms with E-state index >= 15 is 0 Å². The van der Waals surface area contributed by atoms with Crippen LogP contribution in [0, 0.1) is 0 Å². The molecule has 0 spiro atoms. The average Bonchev–Trinajstić information content (AvgIpc) is 3.18. The Labute approximate surface area is 161 Å². The van der Waals surface area contributed by atoms with E-state index < -0.39 is 0 Å². The zero-order valence-electron chi connectivity index (χ0n) is 14.9. The highest BCUT2D eigenvalue weighted by Gasteiger charge is 2.10. The number of rotatable bonds is 7. The van der Waals surface area contributed by atoms with Crippen molar-refractivity contribution >= 4 is 23.1 Å². The number of anilines is 1. The van der Waals surface area contributed by atoms with Crippen molar-refractivity contribution in [1.82, 2.24) is 19.7 Å². The van der Waals surface area contributed by atoms with Crippen LogP contribution in [0.2, 0.25) is 0 Å². The van der Waals surface area contributed by atoms with Crippen LogP contribution in [0.25, 0.3) is 16.7 Å². The number of aromatic nitrogens is 4. The molecule has 0 aliphatic rings. The number of aliphatic hydroxyl groups excluding tert-OH is 1. The third-order valence-electron chi connectivity index (χ3n) is 3.97. The molecule has 28 heavy (non-hydrogen) atoms. The molecule has 0 unspecified atom stereocenters. The van der Waals surface area contributed by atoms with E-state index in [1.807, 2.05) is 54.6 Å². The molecule has 0 bridgehead atoms. The van der Waals surface area contributed by atoms with Gasteiger partial charge in [-0.25, -0.2) is 14.6 Å². The smallest absolute Gasteiger partial charge is 0.168 e. The van der Waals surface area contributed by atoms with Crippen molar-refractivity contribution in [2.24, 2.45) is 5.10 Å². The summed E-state index contributed by atoms with van der Waals surface area (Å²) in [4.78, 5) is 8.61. The zero-order valence-corrected chi connectivity index (χ0v) is 14.9. The summed E-state index contributed by atoms with van der Waals surface area (Å²) in [6.07, 6.45) is 4.86. The first-order valence-corrected chi connectivity index (χ1v) is 8.72. The third-order valence-corrected chi connectivity index (χ3v) is 3.97. The van der Waals surface area contributed by atoms with Crippen molar-refractivity contribution in [2.75, 3.05) is 18.6 Å². The van der Waals surface area contributed by atoms with Gasteiger partial charge in [0.15, 0.2) is 11.5 Å². The topological polar surface area (TPSA) is 97.5 Å². The van der Waals surface area contributed by atoms with Gasteiger partial charge in [0, 0.05) is 0 Å². The number of hydrogen-bond donors (Lipinski definition) is 2. The lowest BCUT2D eigenvalue weighted by molar-refractivity contribution is 0.201. The summed E-state index contributed by atoms with van der Waals surface area (Å²) in [5.41, 5.74) is 5.42. The summed E-state index contributed by atoms with van der Waals surface area (Å²) in [5.74, 6) is 1.24. The molecule has 0 saturated carbocycles. The number of hydrogen-bond acceptors (Lipinski definition) is 7. The van der Waals surface area contributed by atoms with Gasteiger partial charge < -0.3 is 9.84 Å². The monoisotopic (exact) mass is 374 g/mol. The predicted octanol–water partition coefficient (Wildman–Crippen LogP) is 2.63. The van der Waals surface area contributed by atoms with Crippen LogP contribution >= 0.6 is 0 Å². The Morgan fingerprint density at radius 1 is 1.11 bits per heavy atom. The van der Waals surface area contributed by atoms with E-state index in [0.29, 0.717) is 17.2 Å². The second-order valence-corrected chi connectivity index (χ2v) is 5.87. The Morgan fingerprint density at radius 3 is 2.86 bits per heavy atom. The average molecular weight is 374 g/mol. The van der Waals surface area contributed by atoms with Gasteiger partial charge in [0.1, 0.15) is 18.7 Å². The van der Waals surface area contributed by atoms with Gasteiger partial charge in [-0.2, -0.15) is 10.2 Å². The van der Waals surface area contributed by atoms with Crippen LogP contribution in [-0.4, -0.2) is 44.3 Å². The molecule has 0 atom stereocenters. The van der Waals surface area contributed by atoms with Gasteiger partial charge >= 0.3 is 0 Å². The summed E-state index contributed by atoms with van der Waals surface area (Å²) >= 11 is 0. The minimum atomic E-state index is -0.0275. The lowest BCUT2D eigenvalue weighted by Gasteiger charge is -2.05. The molecule has 2 N–H and O–H groups in total. The summed E-state index contributed by atoms with van der Waals surface area (Å²) in [7, 11) is 0. The van der Waals surface area contributed by atoms with Crippen molar-refractivity contribution < 1.29 is 9.84 Å². The van der Waals surface area contributed by atoms with E-state index in [9.17, 15) is 0 Å². The van der Waals surface area contributed by atoms with Crippen LogP contribution in [-0.2, 0) is 0 Å². The van der Waals surface area contributed by atoms with Gasteiger partial charge in [-0.15, -0.1) is 0 Å². The van der Waals surface area contributed by atoms with Gasteiger partial charge in [-0.1, -0.05) is 30.3 Å². The maximum Gasteiger partial charge on any atom is 0.168 e. The molecule has 0 amide bonds. The minimum absolute atomic E-state index is 0.0275. The number of benzene rings is 2. The Balaban J connectivity index is 1.54. The molecule has 4 rings (SSSR count). The van der Waals surface area contributed by atoms with Crippen LogP contribution < -0.4 is 10.2 Å². The highest BCUT2D eigenvalue weighted by molar-refractivity contribution is 5.88. The minimum Gasteiger partial charge on any atom is -0.491 e. The molecule has 140 valence electrons. The summed E-state index contributed by atoms with van der Waals surface area (Å²) in [6.45, 7) is 0.226. The van der Waals surface area contributed by atoms with E-state index in [0.717, 1.165) is 16.6 Å². The Kier molecular flexibility index (Phi) is 5.21. The summed E-state index contributed by atoms with van der Waals surface area (Å²) in [5, 5.41) is 18.3. The molecule has 2 heterocycles. The fourth-order valence-corrected chi connectivity index (χ4v) is 2.71. The predicted molar refractivity (Wildman–Crippen MR) is 107 cm³/mol. The standard InChI is InChI=1S/C20H18N6O2/c27-9-10-28-17-8-4-5-15(11-17)12-23-25-19-18-13-24-26(20(18)22-14-21-19)16-6-2-1-3-7-16/h1-8,11-14,27H,9-10H2,(H,21,22,25)/b23-12+. The Morgan fingerprint density at radius 2 is 2.00 bits per heavy atom. The molecule has 8 nitrogen and oxygen atoms in total. The van der Waals surface area contributed by atoms with Crippen LogP contribution in [0.1, 0.15) is 5.56 Å². The van der Waals surface area contributed by atoms with E-state index in [1.54, 1.807) is 17.1 Å². The first-order chi connectivity index (χ1) is 13.8. The molecule has 0 fully saturated rings. The van der Waals surface area contributed by atoms with Gasteiger partial charge in [0.25, 0.3) is 0 Å². The highest BCUT2D eigenvalue weighted by Crippen LogP contribution is 2.21. The van der Waals surface area contributed by atoms with E-state index in [1.165, 1.54) is 6.33 Å². The quantitative estimate of drug-likeness (QED) is 0.381. The maximum absolute atomic E-state index is 8.85. The fraction of sp³-hybridized carbons (Fsp3) is 0.100.